The highest BCUT2D eigenvalue weighted by Crippen LogP contribution is 2.22. The van der Waals surface area contributed by atoms with Gasteiger partial charge in [-0.2, -0.15) is 5.10 Å². The van der Waals surface area contributed by atoms with Gasteiger partial charge in [-0.3, -0.25) is 9.59 Å². The zero-order valence-electron chi connectivity index (χ0n) is 11.3. The number of carbonyl (C=O) groups is 1. The fourth-order valence-electron chi connectivity index (χ4n) is 2.00. The minimum absolute atomic E-state index is 0.146. The minimum atomic E-state index is -0.341. The Kier molecular flexibility index (Phi) is 3.60. The van der Waals surface area contributed by atoms with Crippen LogP contribution in [0.25, 0.3) is 11.3 Å². The molecule has 0 saturated carbocycles. The molecule has 0 aliphatic rings. The summed E-state index contributed by atoms with van der Waals surface area (Å²) in [5.41, 5.74) is 3.59. The first kappa shape index (κ1) is 13.2. The van der Waals surface area contributed by atoms with Crippen LogP contribution in [-0.4, -0.2) is 16.1 Å². The molecule has 0 bridgehead atoms. The summed E-state index contributed by atoms with van der Waals surface area (Å²) in [7, 11) is 0. The summed E-state index contributed by atoms with van der Waals surface area (Å²) in [5, 5.41) is 4.32. The van der Waals surface area contributed by atoms with Crippen LogP contribution in [0, 0.1) is 13.8 Å². The quantitative estimate of drug-likeness (QED) is 0.792. The molecule has 2 rings (SSSR count). The van der Waals surface area contributed by atoms with Crippen molar-refractivity contribution >= 4 is 6.29 Å². The maximum absolute atomic E-state index is 11.8. The number of benzene rings is 1. The smallest absolute Gasteiger partial charge is 0.277 e. The van der Waals surface area contributed by atoms with Crippen molar-refractivity contribution in [2.45, 2.75) is 27.3 Å². The van der Waals surface area contributed by atoms with Crippen LogP contribution in [0.2, 0.25) is 0 Å². The molecular weight excluding hydrogens is 240 g/mol. The summed E-state index contributed by atoms with van der Waals surface area (Å²) in [6.07, 6.45) is 0.588. The van der Waals surface area contributed by atoms with Gasteiger partial charge in [0.05, 0.1) is 11.3 Å². The van der Waals surface area contributed by atoms with Gasteiger partial charge in [0.15, 0.2) is 6.29 Å². The number of aryl methyl sites for hydroxylation is 3. The molecule has 1 heterocycles. The topological polar surface area (TPSA) is 52.0 Å². The van der Waals surface area contributed by atoms with Crippen molar-refractivity contribution in [1.29, 1.82) is 0 Å². The lowest BCUT2D eigenvalue weighted by Crippen LogP contribution is -2.25. The molecule has 0 radical (unpaired) electrons. The summed E-state index contributed by atoms with van der Waals surface area (Å²) in [5.74, 6) is 0. The molecule has 0 aliphatic heterocycles. The standard InChI is InChI=1S/C15H16N2O2/c1-4-17-15(19)12(9-18)8-14(16-17)13-7-10(2)5-6-11(13)3/h5-9H,4H2,1-3H3. The van der Waals surface area contributed by atoms with Gasteiger partial charge in [0.25, 0.3) is 5.56 Å². The Morgan fingerprint density at radius 1 is 1.26 bits per heavy atom. The van der Waals surface area contributed by atoms with Crippen molar-refractivity contribution < 1.29 is 4.79 Å². The molecule has 4 nitrogen and oxygen atoms in total. The average molecular weight is 256 g/mol. The van der Waals surface area contributed by atoms with E-state index in [1.807, 2.05) is 39.0 Å². The molecule has 2 aromatic rings. The first-order valence-electron chi connectivity index (χ1n) is 6.21. The zero-order valence-corrected chi connectivity index (χ0v) is 11.3. The van der Waals surface area contributed by atoms with E-state index in [1.165, 1.54) is 4.68 Å². The van der Waals surface area contributed by atoms with E-state index in [4.69, 9.17) is 0 Å². The summed E-state index contributed by atoms with van der Waals surface area (Å²) in [4.78, 5) is 22.8. The van der Waals surface area contributed by atoms with Gasteiger partial charge in [0, 0.05) is 12.1 Å². The summed E-state index contributed by atoms with van der Waals surface area (Å²) < 4.78 is 1.32. The Morgan fingerprint density at radius 2 is 2.00 bits per heavy atom. The van der Waals surface area contributed by atoms with Crippen LogP contribution in [0.1, 0.15) is 28.4 Å². The fourth-order valence-corrected chi connectivity index (χ4v) is 2.00. The number of carbonyl (C=O) groups excluding carboxylic acids is 1. The normalized spacial score (nSPS) is 10.5. The lowest BCUT2D eigenvalue weighted by molar-refractivity contribution is 0.112. The second-order valence-electron chi connectivity index (χ2n) is 4.54. The van der Waals surface area contributed by atoms with E-state index in [2.05, 4.69) is 5.10 Å². The Morgan fingerprint density at radius 3 is 2.63 bits per heavy atom. The van der Waals surface area contributed by atoms with Gasteiger partial charge in [-0.05, 0) is 38.5 Å². The molecule has 0 N–H and O–H groups in total. The zero-order chi connectivity index (χ0) is 14.0. The molecule has 1 aromatic heterocycles. The van der Waals surface area contributed by atoms with Gasteiger partial charge in [-0.25, -0.2) is 4.68 Å². The minimum Gasteiger partial charge on any atom is -0.298 e. The number of hydrogen-bond donors (Lipinski definition) is 0. The van der Waals surface area contributed by atoms with E-state index in [1.54, 1.807) is 6.07 Å². The first-order valence-corrected chi connectivity index (χ1v) is 6.21. The first-order chi connectivity index (χ1) is 9.06. The van der Waals surface area contributed by atoms with Gasteiger partial charge in [0.1, 0.15) is 0 Å². The molecule has 98 valence electrons. The molecule has 0 spiro atoms. The Bertz CT molecular complexity index is 687. The van der Waals surface area contributed by atoms with Crippen LogP contribution in [0.3, 0.4) is 0 Å². The molecule has 4 heteroatoms. The monoisotopic (exact) mass is 256 g/mol. The molecule has 0 atom stereocenters. The van der Waals surface area contributed by atoms with Crippen LogP contribution in [0.15, 0.2) is 29.1 Å². The van der Waals surface area contributed by atoms with Gasteiger partial charge in [-0.15, -0.1) is 0 Å². The molecular formula is C15H16N2O2. The van der Waals surface area contributed by atoms with E-state index in [0.717, 1.165) is 16.7 Å². The maximum atomic E-state index is 11.8. The number of rotatable bonds is 3. The predicted molar refractivity (Wildman–Crippen MR) is 74.5 cm³/mol. The van der Waals surface area contributed by atoms with Gasteiger partial charge in [0.2, 0.25) is 0 Å². The second kappa shape index (κ2) is 5.18. The lowest BCUT2D eigenvalue weighted by Gasteiger charge is -2.09. The number of nitrogens with zero attached hydrogens (tertiary/aromatic N) is 2. The van der Waals surface area contributed by atoms with Crippen molar-refractivity contribution in [1.82, 2.24) is 9.78 Å². The van der Waals surface area contributed by atoms with Crippen LogP contribution in [-0.2, 0) is 6.54 Å². The number of aldehydes is 1. The van der Waals surface area contributed by atoms with Crippen LogP contribution in [0.5, 0.6) is 0 Å². The van der Waals surface area contributed by atoms with E-state index in [9.17, 15) is 9.59 Å². The highest BCUT2D eigenvalue weighted by molar-refractivity contribution is 5.77. The highest BCUT2D eigenvalue weighted by Gasteiger charge is 2.10. The molecule has 0 amide bonds. The van der Waals surface area contributed by atoms with Crippen LogP contribution < -0.4 is 5.56 Å². The van der Waals surface area contributed by atoms with Crippen molar-refractivity contribution in [3.63, 3.8) is 0 Å². The van der Waals surface area contributed by atoms with Crippen molar-refractivity contribution in [2.24, 2.45) is 0 Å². The SMILES string of the molecule is CCn1nc(-c2cc(C)ccc2C)cc(C=O)c1=O. The highest BCUT2D eigenvalue weighted by atomic mass is 16.1. The Balaban J connectivity index is 2.72. The third kappa shape index (κ3) is 2.47. The molecule has 0 aliphatic carbocycles. The molecule has 1 aromatic carbocycles. The second-order valence-corrected chi connectivity index (χ2v) is 4.54. The summed E-state index contributed by atoms with van der Waals surface area (Å²) in [6.45, 7) is 6.26. The number of hydrogen-bond acceptors (Lipinski definition) is 3. The number of aromatic nitrogens is 2. The summed E-state index contributed by atoms with van der Waals surface area (Å²) in [6, 6.07) is 7.60. The van der Waals surface area contributed by atoms with E-state index >= 15 is 0 Å². The van der Waals surface area contributed by atoms with Gasteiger partial charge in [-0.1, -0.05) is 17.7 Å². The third-order valence-corrected chi connectivity index (χ3v) is 3.10. The fraction of sp³-hybridized carbons (Fsp3) is 0.267. The van der Waals surface area contributed by atoms with Crippen molar-refractivity contribution in [3.8, 4) is 11.3 Å². The van der Waals surface area contributed by atoms with E-state index < -0.39 is 0 Å². The largest absolute Gasteiger partial charge is 0.298 e. The van der Waals surface area contributed by atoms with Crippen molar-refractivity contribution in [3.05, 3.63) is 51.3 Å². The van der Waals surface area contributed by atoms with Crippen molar-refractivity contribution in [2.75, 3.05) is 0 Å². The molecule has 0 unspecified atom stereocenters. The third-order valence-electron chi connectivity index (χ3n) is 3.10. The lowest BCUT2D eigenvalue weighted by atomic mass is 10.0. The van der Waals surface area contributed by atoms with E-state index in [-0.39, 0.29) is 11.1 Å². The molecule has 0 saturated heterocycles. The average Bonchev–Trinajstić information content (AvgIpc) is 2.42. The van der Waals surface area contributed by atoms with Gasteiger partial charge < -0.3 is 0 Å². The Labute approximate surface area is 111 Å². The maximum Gasteiger partial charge on any atom is 0.277 e. The van der Waals surface area contributed by atoms with E-state index in [0.29, 0.717) is 18.5 Å². The van der Waals surface area contributed by atoms with Crippen LogP contribution in [0.4, 0.5) is 0 Å². The molecule has 0 fully saturated rings. The summed E-state index contributed by atoms with van der Waals surface area (Å²) >= 11 is 0. The Hall–Kier alpha value is -2.23. The van der Waals surface area contributed by atoms with Gasteiger partial charge >= 0.3 is 0 Å². The predicted octanol–water partition coefficient (Wildman–Crippen LogP) is 2.36. The van der Waals surface area contributed by atoms with Crippen LogP contribution >= 0.6 is 0 Å². The molecule has 19 heavy (non-hydrogen) atoms.